The molecule has 1 heterocycles. The van der Waals surface area contributed by atoms with Gasteiger partial charge in [-0.05, 0) is 18.2 Å². The van der Waals surface area contributed by atoms with Gasteiger partial charge in [0.2, 0.25) is 5.95 Å². The van der Waals surface area contributed by atoms with Crippen molar-refractivity contribution < 1.29 is 13.2 Å². The molecule has 0 atom stereocenters. The van der Waals surface area contributed by atoms with Crippen molar-refractivity contribution in [3.63, 3.8) is 0 Å². The molecule has 2 N–H and O–H groups in total. The van der Waals surface area contributed by atoms with Crippen LogP contribution in [0.1, 0.15) is 0 Å². The number of hydrogen-bond acceptors (Lipinski definition) is 5. The highest BCUT2D eigenvalue weighted by Gasteiger charge is 2.20. The first kappa shape index (κ1) is 13.9. The summed E-state index contributed by atoms with van der Waals surface area (Å²) in [7, 11) is -2.56. The Hall–Kier alpha value is -1.51. The van der Waals surface area contributed by atoms with E-state index in [0.29, 0.717) is 0 Å². The Morgan fingerprint density at radius 3 is 2.74 bits per heavy atom. The molecular formula is C9H8Cl2N4O3S. The van der Waals surface area contributed by atoms with Crippen LogP contribution >= 0.6 is 23.2 Å². The second-order valence-electron chi connectivity index (χ2n) is 3.35. The van der Waals surface area contributed by atoms with Crippen molar-refractivity contribution in [1.29, 1.82) is 0 Å². The van der Waals surface area contributed by atoms with Gasteiger partial charge in [0.05, 0.1) is 12.1 Å². The number of benzene rings is 1. The minimum atomic E-state index is -3.92. The van der Waals surface area contributed by atoms with Crippen LogP contribution in [0.4, 0.5) is 5.95 Å². The van der Waals surface area contributed by atoms with Gasteiger partial charge >= 0.3 is 6.01 Å². The zero-order valence-corrected chi connectivity index (χ0v) is 11.8. The average molecular weight is 323 g/mol. The molecule has 1 aromatic carbocycles. The summed E-state index contributed by atoms with van der Waals surface area (Å²) in [5.74, 6) is -0.0899. The summed E-state index contributed by atoms with van der Waals surface area (Å²) < 4.78 is 31.1. The Kier molecular flexibility index (Phi) is 3.83. The van der Waals surface area contributed by atoms with Crippen LogP contribution in [0, 0.1) is 0 Å². The Morgan fingerprint density at radius 2 is 2.11 bits per heavy atom. The van der Waals surface area contributed by atoms with Crippen molar-refractivity contribution in [3.05, 3.63) is 28.2 Å². The fraction of sp³-hybridized carbons (Fsp3) is 0.111. The monoisotopic (exact) mass is 322 g/mol. The van der Waals surface area contributed by atoms with Gasteiger partial charge in [-0.15, -0.1) is 5.10 Å². The van der Waals surface area contributed by atoms with Gasteiger partial charge in [0.1, 0.15) is 4.90 Å². The highest BCUT2D eigenvalue weighted by atomic mass is 35.5. The maximum Gasteiger partial charge on any atom is 0.336 e. The summed E-state index contributed by atoms with van der Waals surface area (Å²) in [6, 6.07) is 4.12. The zero-order valence-electron chi connectivity index (χ0n) is 9.52. The largest absolute Gasteiger partial charge is 0.466 e. The number of aromatic amines is 1. The molecule has 0 aliphatic carbocycles. The quantitative estimate of drug-likeness (QED) is 0.896. The van der Waals surface area contributed by atoms with Gasteiger partial charge in [0, 0.05) is 5.02 Å². The number of halogens is 2. The van der Waals surface area contributed by atoms with Crippen LogP contribution in [0.15, 0.2) is 23.1 Å². The second kappa shape index (κ2) is 5.24. The number of sulfonamides is 1. The highest BCUT2D eigenvalue weighted by Crippen LogP contribution is 2.26. The Bertz CT molecular complexity index is 701. The molecule has 7 nitrogen and oxygen atoms in total. The number of aromatic nitrogens is 3. The standard InChI is InChI=1S/C9H8Cl2N4O3S/c1-18-9-12-8(13-14-9)15-19(16,17)7-4-5(10)2-3-6(7)11/h2-4H,1H3,(H2,12,13,14,15). The fourth-order valence-electron chi connectivity index (χ4n) is 1.25. The van der Waals surface area contributed by atoms with E-state index in [1.54, 1.807) is 0 Å². The number of nitrogens with zero attached hydrogens (tertiary/aromatic N) is 2. The van der Waals surface area contributed by atoms with Gasteiger partial charge < -0.3 is 4.74 Å². The Balaban J connectivity index is 2.34. The summed E-state index contributed by atoms with van der Waals surface area (Å²) in [6.07, 6.45) is 0. The van der Waals surface area contributed by atoms with Gasteiger partial charge in [-0.2, -0.15) is 4.98 Å². The number of ether oxygens (including phenoxy) is 1. The minimum absolute atomic E-state index is 0.00916. The lowest BCUT2D eigenvalue weighted by Gasteiger charge is -2.06. The van der Waals surface area contributed by atoms with E-state index in [2.05, 4.69) is 19.9 Å². The van der Waals surface area contributed by atoms with Gasteiger partial charge in [0.25, 0.3) is 10.0 Å². The number of H-pyrrole nitrogens is 1. The molecule has 0 unspecified atom stereocenters. The predicted molar refractivity (Wildman–Crippen MR) is 70.2 cm³/mol. The first-order valence-corrected chi connectivity index (χ1v) is 7.10. The molecule has 0 bridgehead atoms. The lowest BCUT2D eigenvalue weighted by molar-refractivity contribution is 0.382. The first-order chi connectivity index (χ1) is 8.92. The van der Waals surface area contributed by atoms with Crippen LogP contribution in [-0.2, 0) is 10.0 Å². The average Bonchev–Trinajstić information content (AvgIpc) is 2.79. The summed E-state index contributed by atoms with van der Waals surface area (Å²) in [5.41, 5.74) is 0. The van der Waals surface area contributed by atoms with E-state index in [1.165, 1.54) is 25.3 Å². The van der Waals surface area contributed by atoms with Crippen molar-refractivity contribution in [2.24, 2.45) is 0 Å². The van der Waals surface area contributed by atoms with Crippen molar-refractivity contribution in [1.82, 2.24) is 15.2 Å². The Labute approximate surface area is 119 Å². The molecular weight excluding hydrogens is 315 g/mol. The first-order valence-electron chi connectivity index (χ1n) is 4.86. The SMILES string of the molecule is COc1n[nH]c(NS(=O)(=O)c2cc(Cl)ccc2Cl)n1. The molecule has 1 aromatic heterocycles. The molecule has 10 heteroatoms. The third-order valence-corrected chi connectivity index (χ3v) is 4.12. The predicted octanol–water partition coefficient (Wildman–Crippen LogP) is 1.92. The Morgan fingerprint density at radius 1 is 1.37 bits per heavy atom. The molecule has 102 valence electrons. The van der Waals surface area contributed by atoms with Crippen molar-refractivity contribution in [2.75, 3.05) is 11.8 Å². The molecule has 2 aromatic rings. The van der Waals surface area contributed by atoms with Gasteiger partial charge in [0.15, 0.2) is 0 Å². The van der Waals surface area contributed by atoms with E-state index >= 15 is 0 Å². The third kappa shape index (κ3) is 3.09. The maximum absolute atomic E-state index is 12.1. The normalized spacial score (nSPS) is 11.3. The molecule has 2 rings (SSSR count). The van der Waals surface area contributed by atoms with Crippen LogP contribution in [0.5, 0.6) is 6.01 Å². The number of rotatable bonds is 4. The maximum atomic E-state index is 12.1. The van der Waals surface area contributed by atoms with Gasteiger partial charge in [-0.25, -0.2) is 18.2 Å². The topological polar surface area (TPSA) is 97.0 Å². The summed E-state index contributed by atoms with van der Waals surface area (Å²) >= 11 is 11.6. The lowest BCUT2D eigenvalue weighted by Crippen LogP contribution is -2.14. The highest BCUT2D eigenvalue weighted by molar-refractivity contribution is 7.92. The fourth-order valence-corrected chi connectivity index (χ4v) is 2.97. The second-order valence-corrected chi connectivity index (χ2v) is 5.85. The van der Waals surface area contributed by atoms with Crippen LogP contribution in [-0.4, -0.2) is 30.7 Å². The molecule has 0 aliphatic heterocycles. The van der Waals surface area contributed by atoms with Crippen LogP contribution in [0.3, 0.4) is 0 Å². The summed E-state index contributed by atoms with van der Waals surface area (Å²) in [6.45, 7) is 0. The van der Waals surface area contributed by atoms with Gasteiger partial charge in [-0.1, -0.05) is 23.2 Å². The number of hydrogen-bond donors (Lipinski definition) is 2. The third-order valence-electron chi connectivity index (χ3n) is 2.06. The molecule has 19 heavy (non-hydrogen) atoms. The van der Waals surface area contributed by atoms with Gasteiger partial charge in [-0.3, -0.25) is 0 Å². The van der Waals surface area contributed by atoms with Crippen LogP contribution in [0.25, 0.3) is 0 Å². The zero-order chi connectivity index (χ0) is 14.0. The molecule has 0 saturated heterocycles. The van der Waals surface area contributed by atoms with E-state index in [9.17, 15) is 8.42 Å². The molecule has 0 saturated carbocycles. The van der Waals surface area contributed by atoms with Crippen LogP contribution < -0.4 is 9.46 Å². The lowest BCUT2D eigenvalue weighted by atomic mass is 10.4. The summed E-state index contributed by atoms with van der Waals surface area (Å²) in [5, 5.41) is 6.27. The number of methoxy groups -OCH3 is 1. The molecule has 0 radical (unpaired) electrons. The van der Waals surface area contributed by atoms with E-state index in [0.717, 1.165) is 0 Å². The molecule has 0 aliphatic rings. The smallest absolute Gasteiger partial charge is 0.336 e. The van der Waals surface area contributed by atoms with E-state index in [-0.39, 0.29) is 26.9 Å². The van der Waals surface area contributed by atoms with E-state index in [4.69, 9.17) is 27.9 Å². The summed E-state index contributed by atoms with van der Waals surface area (Å²) in [4.78, 5) is 3.58. The van der Waals surface area contributed by atoms with Crippen molar-refractivity contribution >= 4 is 39.2 Å². The minimum Gasteiger partial charge on any atom is -0.466 e. The molecule has 0 spiro atoms. The number of anilines is 1. The number of nitrogens with one attached hydrogen (secondary N) is 2. The molecule has 0 amide bonds. The van der Waals surface area contributed by atoms with E-state index < -0.39 is 10.0 Å². The van der Waals surface area contributed by atoms with Crippen molar-refractivity contribution in [2.45, 2.75) is 4.90 Å². The molecule has 0 fully saturated rings. The van der Waals surface area contributed by atoms with Crippen molar-refractivity contribution in [3.8, 4) is 6.01 Å². The van der Waals surface area contributed by atoms with Crippen LogP contribution in [0.2, 0.25) is 10.0 Å². The van der Waals surface area contributed by atoms with E-state index in [1.807, 2.05) is 0 Å².